The minimum atomic E-state index is -0.200. The number of carbonyl (C=O) groups excluding carboxylic acids is 1. The number of rotatable bonds is 5. The van der Waals surface area contributed by atoms with Gasteiger partial charge in [0.25, 0.3) is 0 Å². The maximum Gasteiger partial charge on any atom is 0.250 e. The first-order valence-corrected chi connectivity index (χ1v) is 6.11. The predicted molar refractivity (Wildman–Crippen MR) is 73.3 cm³/mol. The number of amides is 1. The van der Waals surface area contributed by atoms with Crippen molar-refractivity contribution in [1.29, 1.82) is 0 Å². The standard InChI is InChI=1S/C13H14ClN3O2/c1-19-9-13(18)16-12-6-15-17(8-12)7-10-2-4-11(14)5-3-10/h2-6,8H,7,9H2,1H3,(H,16,18). The third-order valence-electron chi connectivity index (χ3n) is 2.45. The Balaban J connectivity index is 1.97. The molecular weight excluding hydrogens is 266 g/mol. The van der Waals surface area contributed by atoms with Crippen LogP contribution in [0.2, 0.25) is 5.02 Å². The van der Waals surface area contributed by atoms with E-state index in [2.05, 4.69) is 10.4 Å². The van der Waals surface area contributed by atoms with E-state index in [1.807, 2.05) is 24.3 Å². The number of aromatic nitrogens is 2. The average molecular weight is 280 g/mol. The van der Waals surface area contributed by atoms with Gasteiger partial charge in [0.05, 0.1) is 18.4 Å². The molecule has 0 fully saturated rings. The van der Waals surface area contributed by atoms with Crippen LogP contribution in [0.15, 0.2) is 36.7 Å². The Morgan fingerprint density at radius 1 is 1.42 bits per heavy atom. The van der Waals surface area contributed by atoms with E-state index in [4.69, 9.17) is 16.3 Å². The number of halogens is 1. The van der Waals surface area contributed by atoms with Crippen LogP contribution in [-0.4, -0.2) is 29.4 Å². The number of hydrogen-bond acceptors (Lipinski definition) is 3. The summed E-state index contributed by atoms with van der Waals surface area (Å²) in [4.78, 5) is 11.3. The molecule has 0 aliphatic carbocycles. The first kappa shape index (κ1) is 13.6. The van der Waals surface area contributed by atoms with E-state index < -0.39 is 0 Å². The average Bonchev–Trinajstić information content (AvgIpc) is 2.80. The van der Waals surface area contributed by atoms with Crippen molar-refractivity contribution >= 4 is 23.2 Å². The summed E-state index contributed by atoms with van der Waals surface area (Å²) in [5.41, 5.74) is 1.73. The molecule has 0 unspecified atom stereocenters. The normalized spacial score (nSPS) is 10.4. The highest BCUT2D eigenvalue weighted by atomic mass is 35.5. The van der Waals surface area contributed by atoms with Gasteiger partial charge in [0.1, 0.15) is 6.61 Å². The Hall–Kier alpha value is -1.85. The summed E-state index contributed by atoms with van der Waals surface area (Å²) in [6.45, 7) is 0.652. The smallest absolute Gasteiger partial charge is 0.250 e. The molecule has 0 spiro atoms. The number of nitrogens with zero attached hydrogens (tertiary/aromatic N) is 2. The van der Waals surface area contributed by atoms with Gasteiger partial charge >= 0.3 is 0 Å². The number of benzene rings is 1. The zero-order valence-corrected chi connectivity index (χ0v) is 11.2. The Morgan fingerprint density at radius 3 is 2.84 bits per heavy atom. The van der Waals surface area contributed by atoms with Crippen LogP contribution in [0.5, 0.6) is 0 Å². The van der Waals surface area contributed by atoms with Gasteiger partial charge in [0, 0.05) is 18.3 Å². The van der Waals surface area contributed by atoms with E-state index in [0.717, 1.165) is 5.56 Å². The molecule has 0 radical (unpaired) electrons. The molecule has 19 heavy (non-hydrogen) atoms. The second-order valence-corrected chi connectivity index (χ2v) is 4.47. The predicted octanol–water partition coefficient (Wildman–Crippen LogP) is 2.17. The Labute approximate surface area is 116 Å². The van der Waals surface area contributed by atoms with Crippen molar-refractivity contribution in [3.8, 4) is 0 Å². The highest BCUT2D eigenvalue weighted by molar-refractivity contribution is 6.30. The van der Waals surface area contributed by atoms with Crippen LogP contribution < -0.4 is 5.32 Å². The van der Waals surface area contributed by atoms with Crippen LogP contribution >= 0.6 is 11.6 Å². The lowest BCUT2D eigenvalue weighted by Gasteiger charge is -2.02. The van der Waals surface area contributed by atoms with Gasteiger partial charge in [-0.2, -0.15) is 5.10 Å². The van der Waals surface area contributed by atoms with E-state index in [1.54, 1.807) is 17.1 Å². The summed E-state index contributed by atoms with van der Waals surface area (Å²) in [6, 6.07) is 7.55. The van der Waals surface area contributed by atoms with E-state index in [9.17, 15) is 4.79 Å². The monoisotopic (exact) mass is 279 g/mol. The number of anilines is 1. The molecule has 1 amide bonds. The highest BCUT2D eigenvalue weighted by Crippen LogP contribution is 2.12. The van der Waals surface area contributed by atoms with Gasteiger partial charge in [0.15, 0.2) is 0 Å². The van der Waals surface area contributed by atoms with Gasteiger partial charge in [-0.05, 0) is 17.7 Å². The molecule has 1 aromatic carbocycles. The molecule has 2 rings (SSSR count). The van der Waals surface area contributed by atoms with Gasteiger partial charge in [-0.15, -0.1) is 0 Å². The molecule has 0 aliphatic heterocycles. The first-order valence-electron chi connectivity index (χ1n) is 5.73. The fraction of sp³-hybridized carbons (Fsp3) is 0.231. The first-order chi connectivity index (χ1) is 9.17. The van der Waals surface area contributed by atoms with Crippen LogP contribution in [0, 0.1) is 0 Å². The summed E-state index contributed by atoms with van der Waals surface area (Å²) < 4.78 is 6.48. The molecule has 0 atom stereocenters. The van der Waals surface area contributed by atoms with E-state index in [-0.39, 0.29) is 12.5 Å². The molecule has 1 N–H and O–H groups in total. The molecule has 2 aromatic rings. The van der Waals surface area contributed by atoms with Crippen LogP contribution in [0.3, 0.4) is 0 Å². The quantitative estimate of drug-likeness (QED) is 0.913. The molecule has 0 saturated heterocycles. The lowest BCUT2D eigenvalue weighted by molar-refractivity contribution is -0.119. The van der Waals surface area contributed by atoms with Crippen molar-refractivity contribution in [2.24, 2.45) is 0 Å². The zero-order chi connectivity index (χ0) is 13.7. The fourth-order valence-corrected chi connectivity index (χ4v) is 1.75. The van der Waals surface area contributed by atoms with Crippen LogP contribution in [0.25, 0.3) is 0 Å². The molecule has 0 aliphatic rings. The largest absolute Gasteiger partial charge is 0.375 e. The number of nitrogens with one attached hydrogen (secondary N) is 1. The van der Waals surface area contributed by atoms with Crippen molar-refractivity contribution in [3.63, 3.8) is 0 Å². The summed E-state index contributed by atoms with van der Waals surface area (Å²) in [5, 5.41) is 7.57. The molecule has 0 saturated carbocycles. The summed E-state index contributed by atoms with van der Waals surface area (Å²) in [5.74, 6) is -0.200. The third-order valence-corrected chi connectivity index (χ3v) is 2.70. The SMILES string of the molecule is COCC(=O)Nc1cnn(Cc2ccc(Cl)cc2)c1. The lowest BCUT2D eigenvalue weighted by atomic mass is 10.2. The van der Waals surface area contributed by atoms with Crippen molar-refractivity contribution in [2.45, 2.75) is 6.54 Å². The number of hydrogen-bond donors (Lipinski definition) is 1. The Morgan fingerprint density at radius 2 is 2.16 bits per heavy atom. The highest BCUT2D eigenvalue weighted by Gasteiger charge is 2.04. The van der Waals surface area contributed by atoms with Gasteiger partial charge < -0.3 is 10.1 Å². The van der Waals surface area contributed by atoms with Gasteiger partial charge in [-0.25, -0.2) is 0 Å². The van der Waals surface area contributed by atoms with E-state index in [1.165, 1.54) is 7.11 Å². The summed E-state index contributed by atoms with van der Waals surface area (Å²) in [6.07, 6.45) is 3.37. The molecule has 100 valence electrons. The third kappa shape index (κ3) is 4.08. The molecule has 1 heterocycles. The Bertz CT molecular complexity index is 551. The number of ether oxygens (including phenoxy) is 1. The fourth-order valence-electron chi connectivity index (χ4n) is 1.62. The number of carbonyl (C=O) groups is 1. The van der Waals surface area contributed by atoms with Crippen molar-refractivity contribution in [2.75, 3.05) is 19.0 Å². The molecule has 5 nitrogen and oxygen atoms in total. The van der Waals surface area contributed by atoms with Gasteiger partial charge in [0.2, 0.25) is 5.91 Å². The summed E-state index contributed by atoms with van der Waals surface area (Å²) >= 11 is 5.82. The van der Waals surface area contributed by atoms with Crippen molar-refractivity contribution in [1.82, 2.24) is 9.78 Å². The van der Waals surface area contributed by atoms with Crippen LogP contribution in [0.1, 0.15) is 5.56 Å². The van der Waals surface area contributed by atoms with Crippen LogP contribution in [-0.2, 0) is 16.1 Å². The van der Waals surface area contributed by atoms with E-state index in [0.29, 0.717) is 17.3 Å². The minimum Gasteiger partial charge on any atom is -0.375 e. The molecule has 1 aromatic heterocycles. The van der Waals surface area contributed by atoms with Crippen molar-refractivity contribution < 1.29 is 9.53 Å². The van der Waals surface area contributed by atoms with Crippen molar-refractivity contribution in [3.05, 3.63) is 47.2 Å². The minimum absolute atomic E-state index is 0.0301. The summed E-state index contributed by atoms with van der Waals surface area (Å²) in [7, 11) is 1.48. The van der Waals surface area contributed by atoms with E-state index >= 15 is 0 Å². The maximum absolute atomic E-state index is 11.3. The second-order valence-electron chi connectivity index (χ2n) is 4.03. The topological polar surface area (TPSA) is 56.1 Å². The van der Waals surface area contributed by atoms with Gasteiger partial charge in [-0.3, -0.25) is 9.48 Å². The Kier molecular flexibility index (Phi) is 4.54. The molecular formula is C13H14ClN3O2. The molecule has 6 heteroatoms. The lowest BCUT2D eigenvalue weighted by Crippen LogP contribution is -2.16. The molecule has 0 bridgehead atoms. The zero-order valence-electron chi connectivity index (χ0n) is 10.5. The second kappa shape index (κ2) is 6.36. The van der Waals surface area contributed by atoms with Gasteiger partial charge in [-0.1, -0.05) is 23.7 Å². The maximum atomic E-state index is 11.3. The van der Waals surface area contributed by atoms with Crippen LogP contribution in [0.4, 0.5) is 5.69 Å². The number of methoxy groups -OCH3 is 1.